The normalized spacial score (nSPS) is 16.4. The lowest BCUT2D eigenvalue weighted by atomic mass is 10.2. The topological polar surface area (TPSA) is 101 Å². The Labute approximate surface area is 170 Å². The quantitative estimate of drug-likeness (QED) is 0.784. The first-order chi connectivity index (χ1) is 13.7. The summed E-state index contributed by atoms with van der Waals surface area (Å²) in [5, 5.41) is 2.52. The van der Waals surface area contributed by atoms with Gasteiger partial charge in [-0.2, -0.15) is 4.31 Å². The second-order valence-corrected chi connectivity index (χ2v) is 10.2. The number of sulfonamides is 1. The summed E-state index contributed by atoms with van der Waals surface area (Å²) in [6.07, 6.45) is 0. The Morgan fingerprint density at radius 2 is 1.55 bits per heavy atom. The summed E-state index contributed by atoms with van der Waals surface area (Å²) in [6, 6.07) is 10.7. The number of hydrogen-bond acceptors (Lipinski definition) is 5. The zero-order valence-corrected chi connectivity index (χ0v) is 17.8. The molecular formula is C19H23FN2O5S2. The molecule has 10 heteroatoms. The van der Waals surface area contributed by atoms with Gasteiger partial charge in [0.2, 0.25) is 10.0 Å². The molecule has 3 rings (SSSR count). The molecule has 7 nitrogen and oxygen atoms in total. The maximum absolute atomic E-state index is 13.0. The molecule has 0 unspecified atom stereocenters. The number of carbonyl (C=O) groups is 1. The van der Waals surface area contributed by atoms with E-state index in [1.165, 1.54) is 30.3 Å². The number of hydrogen-bond donors (Lipinski definition) is 1. The van der Waals surface area contributed by atoms with E-state index in [0.29, 0.717) is 0 Å². The molecule has 0 atom stereocenters. The van der Waals surface area contributed by atoms with Crippen molar-refractivity contribution in [2.75, 3.05) is 29.9 Å². The van der Waals surface area contributed by atoms with E-state index in [1.54, 1.807) is 6.07 Å². The summed E-state index contributed by atoms with van der Waals surface area (Å²) in [4.78, 5) is 12.2. The van der Waals surface area contributed by atoms with Gasteiger partial charge in [0.05, 0.1) is 17.2 Å². The molecule has 1 heterocycles. The van der Waals surface area contributed by atoms with Gasteiger partial charge in [0.15, 0.2) is 9.84 Å². The highest BCUT2D eigenvalue weighted by Crippen LogP contribution is 2.26. The fourth-order valence-corrected chi connectivity index (χ4v) is 5.69. The van der Waals surface area contributed by atoms with Crippen LogP contribution in [0.1, 0.15) is 24.2 Å². The molecule has 2 aromatic rings. The number of halogens is 1. The lowest BCUT2D eigenvalue weighted by Crippen LogP contribution is -2.43. The first-order valence-electron chi connectivity index (χ1n) is 9.05. The van der Waals surface area contributed by atoms with Crippen molar-refractivity contribution in [1.82, 2.24) is 4.31 Å². The standard InChI is InChI=1S/C17H17FN2O5S2.C2H6/c18-14-7-5-13(6-8-14)17(21)19-15-3-1-2-4-16(15)27(24,25)20-9-11-26(22,23)12-10-20;1-2/h1-8H,9-12H2,(H,19,21);1-2H3. The largest absolute Gasteiger partial charge is 0.321 e. The molecule has 1 N–H and O–H groups in total. The second kappa shape index (κ2) is 9.47. The van der Waals surface area contributed by atoms with Gasteiger partial charge < -0.3 is 5.32 Å². The van der Waals surface area contributed by atoms with Crippen molar-refractivity contribution in [3.8, 4) is 0 Å². The zero-order valence-electron chi connectivity index (χ0n) is 16.1. The van der Waals surface area contributed by atoms with Crippen LogP contribution in [0.3, 0.4) is 0 Å². The Kier molecular flexibility index (Phi) is 7.50. The van der Waals surface area contributed by atoms with Crippen LogP contribution in [0.5, 0.6) is 0 Å². The predicted molar refractivity (Wildman–Crippen MR) is 110 cm³/mol. The molecule has 1 fully saturated rings. The molecule has 0 aliphatic carbocycles. The summed E-state index contributed by atoms with van der Waals surface area (Å²) in [5.74, 6) is -1.56. The minimum absolute atomic E-state index is 0.0697. The predicted octanol–water partition coefficient (Wildman–Crippen LogP) is 2.52. The third-order valence-electron chi connectivity index (χ3n) is 4.16. The fraction of sp³-hybridized carbons (Fsp3) is 0.316. The maximum atomic E-state index is 13.0. The van der Waals surface area contributed by atoms with Crippen LogP contribution in [0, 0.1) is 5.82 Å². The molecule has 29 heavy (non-hydrogen) atoms. The number of carbonyl (C=O) groups excluding carboxylic acids is 1. The summed E-state index contributed by atoms with van der Waals surface area (Å²) >= 11 is 0. The first-order valence-corrected chi connectivity index (χ1v) is 12.3. The highest BCUT2D eigenvalue weighted by molar-refractivity contribution is 7.92. The first kappa shape index (κ1) is 23.0. The van der Waals surface area contributed by atoms with Gasteiger partial charge in [0.1, 0.15) is 10.7 Å². The number of anilines is 1. The van der Waals surface area contributed by atoms with Crippen molar-refractivity contribution in [3.05, 3.63) is 59.9 Å². The molecule has 1 saturated heterocycles. The number of amides is 1. The van der Waals surface area contributed by atoms with E-state index in [4.69, 9.17) is 0 Å². The Bertz CT molecular complexity index is 1050. The Hall–Kier alpha value is -2.30. The van der Waals surface area contributed by atoms with Crippen LogP contribution in [-0.4, -0.2) is 51.6 Å². The highest BCUT2D eigenvalue weighted by atomic mass is 32.2. The average molecular weight is 443 g/mol. The van der Waals surface area contributed by atoms with Crippen LogP contribution in [-0.2, 0) is 19.9 Å². The third kappa shape index (κ3) is 5.62. The van der Waals surface area contributed by atoms with E-state index in [0.717, 1.165) is 16.4 Å². The molecular weight excluding hydrogens is 419 g/mol. The molecule has 1 amide bonds. The van der Waals surface area contributed by atoms with Crippen LogP contribution >= 0.6 is 0 Å². The summed E-state index contributed by atoms with van der Waals surface area (Å²) in [7, 11) is -7.22. The summed E-state index contributed by atoms with van der Waals surface area (Å²) < 4.78 is 63.0. The van der Waals surface area contributed by atoms with E-state index < -0.39 is 31.6 Å². The number of para-hydroxylation sites is 1. The summed E-state index contributed by atoms with van der Waals surface area (Å²) in [6.45, 7) is 3.73. The second-order valence-electron chi connectivity index (χ2n) is 6.01. The summed E-state index contributed by atoms with van der Waals surface area (Å²) in [5.41, 5.74) is 0.243. The smallest absolute Gasteiger partial charge is 0.255 e. The molecule has 1 aliphatic heterocycles. The number of benzene rings is 2. The maximum Gasteiger partial charge on any atom is 0.255 e. The van der Waals surface area contributed by atoms with Gasteiger partial charge in [-0.3, -0.25) is 4.79 Å². The van der Waals surface area contributed by atoms with Crippen molar-refractivity contribution in [2.24, 2.45) is 0 Å². The van der Waals surface area contributed by atoms with Gasteiger partial charge in [-0.15, -0.1) is 0 Å². The molecule has 158 valence electrons. The number of sulfone groups is 1. The van der Waals surface area contributed by atoms with E-state index in [2.05, 4.69) is 5.32 Å². The van der Waals surface area contributed by atoms with Crippen LogP contribution in [0.15, 0.2) is 53.4 Å². The lowest BCUT2D eigenvalue weighted by Gasteiger charge is -2.26. The van der Waals surface area contributed by atoms with Gasteiger partial charge in [-0.25, -0.2) is 21.2 Å². The van der Waals surface area contributed by atoms with Gasteiger partial charge in [0.25, 0.3) is 5.91 Å². The highest BCUT2D eigenvalue weighted by Gasteiger charge is 2.32. The minimum atomic E-state index is -3.98. The third-order valence-corrected chi connectivity index (χ3v) is 7.73. The Balaban J connectivity index is 0.00000145. The van der Waals surface area contributed by atoms with Crippen LogP contribution < -0.4 is 5.32 Å². The molecule has 2 aromatic carbocycles. The van der Waals surface area contributed by atoms with Crippen molar-refractivity contribution in [1.29, 1.82) is 0 Å². The Morgan fingerprint density at radius 1 is 1.00 bits per heavy atom. The van der Waals surface area contributed by atoms with E-state index in [-0.39, 0.29) is 40.7 Å². The Morgan fingerprint density at radius 3 is 2.14 bits per heavy atom. The molecule has 0 bridgehead atoms. The van der Waals surface area contributed by atoms with E-state index in [1.807, 2.05) is 13.8 Å². The average Bonchev–Trinajstić information content (AvgIpc) is 2.70. The zero-order chi connectivity index (χ0) is 21.7. The molecule has 1 aliphatic rings. The molecule has 0 saturated carbocycles. The van der Waals surface area contributed by atoms with Crippen LogP contribution in [0.4, 0.5) is 10.1 Å². The van der Waals surface area contributed by atoms with Crippen molar-refractivity contribution >= 4 is 31.5 Å². The fourth-order valence-electron chi connectivity index (χ4n) is 2.67. The van der Waals surface area contributed by atoms with Crippen molar-refractivity contribution in [3.63, 3.8) is 0 Å². The lowest BCUT2D eigenvalue weighted by molar-refractivity contribution is 0.102. The molecule has 0 aromatic heterocycles. The van der Waals surface area contributed by atoms with Gasteiger partial charge in [-0.05, 0) is 36.4 Å². The minimum Gasteiger partial charge on any atom is -0.321 e. The van der Waals surface area contributed by atoms with Crippen molar-refractivity contribution < 1.29 is 26.0 Å². The van der Waals surface area contributed by atoms with Crippen LogP contribution in [0.25, 0.3) is 0 Å². The SMILES string of the molecule is CC.O=C(Nc1ccccc1S(=O)(=O)N1CCS(=O)(=O)CC1)c1ccc(F)cc1. The molecule has 0 radical (unpaired) electrons. The number of nitrogens with one attached hydrogen (secondary N) is 1. The van der Waals surface area contributed by atoms with Gasteiger partial charge >= 0.3 is 0 Å². The molecule has 0 spiro atoms. The monoisotopic (exact) mass is 442 g/mol. The van der Waals surface area contributed by atoms with Crippen molar-refractivity contribution in [2.45, 2.75) is 18.7 Å². The van der Waals surface area contributed by atoms with Gasteiger partial charge in [-0.1, -0.05) is 26.0 Å². The van der Waals surface area contributed by atoms with E-state index in [9.17, 15) is 26.0 Å². The van der Waals surface area contributed by atoms with E-state index >= 15 is 0 Å². The van der Waals surface area contributed by atoms with Gasteiger partial charge in [0, 0.05) is 18.7 Å². The van der Waals surface area contributed by atoms with Crippen LogP contribution in [0.2, 0.25) is 0 Å². The number of rotatable bonds is 4. The number of nitrogens with zero attached hydrogens (tertiary/aromatic N) is 1.